The van der Waals surface area contributed by atoms with Gasteiger partial charge in [-0.2, -0.15) is 0 Å². The summed E-state index contributed by atoms with van der Waals surface area (Å²) >= 11 is 8.51. The van der Waals surface area contributed by atoms with Crippen molar-refractivity contribution < 1.29 is 8.42 Å². The summed E-state index contributed by atoms with van der Waals surface area (Å²) in [6.45, 7) is 2.07. The molecule has 0 bridgehead atoms. The molecule has 0 spiro atoms. The first-order chi connectivity index (χ1) is 7.47. The van der Waals surface area contributed by atoms with Crippen molar-refractivity contribution in [3.8, 4) is 0 Å². The van der Waals surface area contributed by atoms with E-state index < -0.39 is 10.0 Å². The number of hydrogen-bond acceptors (Lipinski definition) is 5. The minimum Gasteiger partial charge on any atom is -0.246 e. The molecule has 8 heteroatoms. The highest BCUT2D eigenvalue weighted by molar-refractivity contribution is 7.99. The van der Waals surface area contributed by atoms with Gasteiger partial charge in [0.1, 0.15) is 0 Å². The predicted octanol–water partition coefficient (Wildman–Crippen LogP) is 2.15. The number of thiophene rings is 1. The van der Waals surface area contributed by atoms with Crippen molar-refractivity contribution in [2.24, 2.45) is 5.14 Å². The maximum Gasteiger partial charge on any atom is 0.249 e. The Kier molecular flexibility index (Phi) is 3.82. The van der Waals surface area contributed by atoms with E-state index in [-0.39, 0.29) is 9.23 Å². The standard InChI is InChI=1S/C8H11ClN2O2S3/c9-6-5-7(14-8(6)16(10,12)13)15-11-3-1-2-4-11/h5H,1-4H2,(H2,10,12,13). The van der Waals surface area contributed by atoms with E-state index in [0.717, 1.165) is 28.6 Å². The SMILES string of the molecule is NS(=O)(=O)c1sc(SN2CCCC2)cc1Cl. The highest BCUT2D eigenvalue weighted by Gasteiger charge is 2.20. The largest absolute Gasteiger partial charge is 0.249 e. The molecule has 1 aliphatic rings. The Morgan fingerprint density at radius 2 is 2.06 bits per heavy atom. The average molecular weight is 299 g/mol. The van der Waals surface area contributed by atoms with Crippen molar-refractivity contribution in [1.29, 1.82) is 0 Å². The number of halogens is 1. The third-order valence-corrected chi connectivity index (χ3v) is 6.50. The van der Waals surface area contributed by atoms with Crippen molar-refractivity contribution in [2.45, 2.75) is 21.3 Å². The second-order valence-electron chi connectivity index (χ2n) is 3.47. The number of sulfonamides is 1. The van der Waals surface area contributed by atoms with Gasteiger partial charge < -0.3 is 0 Å². The maximum absolute atomic E-state index is 11.2. The van der Waals surface area contributed by atoms with Gasteiger partial charge in [-0.1, -0.05) is 11.6 Å². The first-order valence-electron chi connectivity index (χ1n) is 4.72. The number of primary sulfonamides is 1. The lowest BCUT2D eigenvalue weighted by Gasteiger charge is -2.10. The van der Waals surface area contributed by atoms with Crippen LogP contribution in [0.15, 0.2) is 14.5 Å². The summed E-state index contributed by atoms with van der Waals surface area (Å²) in [6.07, 6.45) is 2.38. The van der Waals surface area contributed by atoms with Gasteiger partial charge in [0, 0.05) is 13.1 Å². The van der Waals surface area contributed by atoms with Gasteiger partial charge in [0.2, 0.25) is 10.0 Å². The smallest absolute Gasteiger partial charge is 0.246 e. The van der Waals surface area contributed by atoms with Crippen molar-refractivity contribution in [1.82, 2.24) is 4.31 Å². The molecule has 90 valence electrons. The lowest BCUT2D eigenvalue weighted by Crippen LogP contribution is -2.10. The Balaban J connectivity index is 2.17. The van der Waals surface area contributed by atoms with E-state index in [9.17, 15) is 8.42 Å². The van der Waals surface area contributed by atoms with Crippen LogP contribution in [0.3, 0.4) is 0 Å². The van der Waals surface area contributed by atoms with Gasteiger partial charge in [0.15, 0.2) is 4.21 Å². The molecule has 1 aromatic heterocycles. The van der Waals surface area contributed by atoms with Crippen LogP contribution in [0, 0.1) is 0 Å². The summed E-state index contributed by atoms with van der Waals surface area (Å²) in [5.74, 6) is 0. The van der Waals surface area contributed by atoms with E-state index >= 15 is 0 Å². The second-order valence-corrected chi connectivity index (χ2v) is 8.09. The Bertz CT molecular complexity index is 479. The average Bonchev–Trinajstić information content (AvgIpc) is 2.74. The molecule has 16 heavy (non-hydrogen) atoms. The third kappa shape index (κ3) is 2.91. The zero-order chi connectivity index (χ0) is 11.8. The lowest BCUT2D eigenvalue weighted by atomic mass is 10.4. The summed E-state index contributed by atoms with van der Waals surface area (Å²) in [6, 6.07) is 1.66. The van der Waals surface area contributed by atoms with E-state index in [0.29, 0.717) is 0 Å². The molecule has 0 aromatic carbocycles. The van der Waals surface area contributed by atoms with Crippen LogP contribution < -0.4 is 5.14 Å². The van der Waals surface area contributed by atoms with Crippen LogP contribution in [0.25, 0.3) is 0 Å². The zero-order valence-electron chi connectivity index (χ0n) is 8.35. The minimum absolute atomic E-state index is 0.0517. The molecular formula is C8H11ClN2O2S3. The van der Waals surface area contributed by atoms with E-state index in [1.807, 2.05) is 0 Å². The number of hydrogen-bond donors (Lipinski definition) is 1. The van der Waals surface area contributed by atoms with Crippen LogP contribution in [-0.4, -0.2) is 25.8 Å². The highest BCUT2D eigenvalue weighted by Crippen LogP contribution is 2.38. The summed E-state index contributed by atoms with van der Waals surface area (Å²) in [4.78, 5) is 0. The van der Waals surface area contributed by atoms with E-state index in [1.165, 1.54) is 12.8 Å². The van der Waals surface area contributed by atoms with Crippen LogP contribution in [0.2, 0.25) is 5.02 Å². The topological polar surface area (TPSA) is 63.4 Å². The van der Waals surface area contributed by atoms with Gasteiger partial charge in [0.25, 0.3) is 0 Å². The maximum atomic E-state index is 11.2. The van der Waals surface area contributed by atoms with E-state index in [4.69, 9.17) is 16.7 Å². The van der Waals surface area contributed by atoms with Crippen molar-refractivity contribution in [3.63, 3.8) is 0 Å². The molecule has 0 amide bonds. The number of nitrogens with two attached hydrogens (primary N) is 1. The molecule has 0 unspecified atom stereocenters. The summed E-state index contributed by atoms with van der Waals surface area (Å²) in [7, 11) is -3.69. The Morgan fingerprint density at radius 1 is 1.44 bits per heavy atom. The first kappa shape index (κ1) is 12.7. The third-order valence-electron chi connectivity index (χ3n) is 2.18. The minimum atomic E-state index is -3.69. The van der Waals surface area contributed by atoms with Crippen LogP contribution in [0.5, 0.6) is 0 Å². The number of rotatable bonds is 3. The van der Waals surface area contributed by atoms with Crippen LogP contribution in [0.1, 0.15) is 12.8 Å². The van der Waals surface area contributed by atoms with Gasteiger partial charge >= 0.3 is 0 Å². The van der Waals surface area contributed by atoms with E-state index in [2.05, 4.69) is 4.31 Å². The summed E-state index contributed by atoms with van der Waals surface area (Å²) in [5, 5.41) is 5.27. The van der Waals surface area contributed by atoms with Gasteiger partial charge in [0.05, 0.1) is 9.23 Å². The molecule has 0 radical (unpaired) electrons. The molecule has 1 aliphatic heterocycles. The predicted molar refractivity (Wildman–Crippen MR) is 67.4 cm³/mol. The van der Waals surface area contributed by atoms with Gasteiger partial charge in [-0.25, -0.2) is 17.9 Å². The second kappa shape index (κ2) is 4.83. The molecule has 0 saturated carbocycles. The quantitative estimate of drug-likeness (QED) is 0.869. The zero-order valence-corrected chi connectivity index (χ0v) is 11.6. The fraction of sp³-hybridized carbons (Fsp3) is 0.500. The fourth-order valence-electron chi connectivity index (χ4n) is 1.48. The van der Waals surface area contributed by atoms with Gasteiger partial charge in [-0.05, 0) is 30.9 Å². The molecule has 0 aliphatic carbocycles. The van der Waals surface area contributed by atoms with Crippen molar-refractivity contribution >= 4 is 44.9 Å². The normalized spacial score (nSPS) is 18.1. The lowest BCUT2D eigenvalue weighted by molar-refractivity contribution is 0.587. The molecule has 2 heterocycles. The van der Waals surface area contributed by atoms with Gasteiger partial charge in [-0.15, -0.1) is 11.3 Å². The molecule has 4 nitrogen and oxygen atoms in total. The van der Waals surface area contributed by atoms with Crippen LogP contribution in [-0.2, 0) is 10.0 Å². The number of nitrogens with zero attached hydrogens (tertiary/aromatic N) is 1. The monoisotopic (exact) mass is 298 g/mol. The molecular weight excluding hydrogens is 288 g/mol. The van der Waals surface area contributed by atoms with Crippen LogP contribution in [0.4, 0.5) is 0 Å². The first-order valence-corrected chi connectivity index (χ1v) is 8.23. The van der Waals surface area contributed by atoms with Crippen LogP contribution >= 0.6 is 34.9 Å². The Morgan fingerprint density at radius 3 is 2.56 bits per heavy atom. The van der Waals surface area contributed by atoms with E-state index in [1.54, 1.807) is 18.0 Å². The Hall–Kier alpha value is 0.210. The molecule has 1 saturated heterocycles. The van der Waals surface area contributed by atoms with Crippen molar-refractivity contribution in [2.75, 3.05) is 13.1 Å². The highest BCUT2D eigenvalue weighted by atomic mass is 35.5. The molecule has 2 N–H and O–H groups in total. The summed E-state index contributed by atoms with van der Waals surface area (Å²) < 4.78 is 25.5. The molecule has 1 aromatic rings. The molecule has 0 atom stereocenters. The fourth-order valence-corrected chi connectivity index (χ4v) is 5.47. The Labute approximate surface area is 108 Å². The summed E-state index contributed by atoms with van der Waals surface area (Å²) in [5.41, 5.74) is 0. The van der Waals surface area contributed by atoms with Crippen molar-refractivity contribution in [3.05, 3.63) is 11.1 Å². The van der Waals surface area contributed by atoms with Gasteiger partial charge in [-0.3, -0.25) is 0 Å². The molecule has 2 rings (SSSR count). The molecule has 1 fully saturated rings.